The molecule has 0 aliphatic carbocycles. The summed E-state index contributed by atoms with van der Waals surface area (Å²) < 4.78 is 10.6. The minimum atomic E-state index is -1.03. The molecule has 1 amide bonds. The molecular formula is C19H21NO5. The average molecular weight is 343 g/mol. The largest absolute Gasteiger partial charge is 0.482 e. The number of aliphatic carboxylic acids is 1. The molecule has 2 rings (SSSR count). The Hall–Kier alpha value is -2.86. The van der Waals surface area contributed by atoms with E-state index < -0.39 is 12.6 Å². The lowest BCUT2D eigenvalue weighted by Gasteiger charge is -2.08. The average Bonchev–Trinajstić information content (AvgIpc) is 2.63. The molecule has 25 heavy (non-hydrogen) atoms. The van der Waals surface area contributed by atoms with Gasteiger partial charge in [0, 0.05) is 13.0 Å². The van der Waals surface area contributed by atoms with Crippen LogP contribution in [0.5, 0.6) is 5.75 Å². The Morgan fingerprint density at radius 1 is 1.00 bits per heavy atom. The second-order valence-electron chi connectivity index (χ2n) is 5.39. The molecule has 0 atom stereocenters. The fourth-order valence-corrected chi connectivity index (χ4v) is 2.11. The van der Waals surface area contributed by atoms with Gasteiger partial charge in [0.25, 0.3) is 0 Å². The van der Waals surface area contributed by atoms with Crippen LogP contribution in [0.1, 0.15) is 17.5 Å². The van der Waals surface area contributed by atoms with Crippen molar-refractivity contribution in [3.8, 4) is 5.75 Å². The molecule has 0 bridgehead atoms. The molecule has 0 spiro atoms. The molecule has 2 aromatic carbocycles. The highest BCUT2D eigenvalue weighted by atomic mass is 16.5. The SMILES string of the molecule is O=C(O)COc1cccc(CNC(=O)CCOCc2ccccc2)c1. The maximum atomic E-state index is 11.8. The number of rotatable bonds is 10. The molecule has 2 aromatic rings. The van der Waals surface area contributed by atoms with Gasteiger partial charge in [-0.05, 0) is 23.3 Å². The first-order valence-electron chi connectivity index (χ1n) is 7.95. The second-order valence-corrected chi connectivity index (χ2v) is 5.39. The number of carbonyl (C=O) groups is 2. The van der Waals surface area contributed by atoms with Crippen LogP contribution < -0.4 is 10.1 Å². The summed E-state index contributed by atoms with van der Waals surface area (Å²) in [5.74, 6) is -0.681. The van der Waals surface area contributed by atoms with Crippen LogP contribution in [0.25, 0.3) is 0 Å². The highest BCUT2D eigenvalue weighted by Gasteiger charge is 2.04. The lowest BCUT2D eigenvalue weighted by atomic mass is 10.2. The maximum Gasteiger partial charge on any atom is 0.341 e. The van der Waals surface area contributed by atoms with Gasteiger partial charge in [-0.2, -0.15) is 0 Å². The molecule has 0 unspecified atom stereocenters. The minimum Gasteiger partial charge on any atom is -0.482 e. The van der Waals surface area contributed by atoms with Crippen LogP contribution in [0, 0.1) is 0 Å². The van der Waals surface area contributed by atoms with E-state index in [4.69, 9.17) is 14.6 Å². The molecule has 0 saturated heterocycles. The number of hydrogen-bond acceptors (Lipinski definition) is 4. The molecular weight excluding hydrogens is 322 g/mol. The van der Waals surface area contributed by atoms with Gasteiger partial charge >= 0.3 is 5.97 Å². The van der Waals surface area contributed by atoms with Crippen molar-refractivity contribution in [2.24, 2.45) is 0 Å². The molecule has 0 aromatic heterocycles. The summed E-state index contributed by atoms with van der Waals surface area (Å²) in [4.78, 5) is 22.3. The molecule has 6 heteroatoms. The maximum absolute atomic E-state index is 11.8. The number of carboxylic acids is 1. The zero-order valence-electron chi connectivity index (χ0n) is 13.8. The zero-order chi connectivity index (χ0) is 17.9. The van der Waals surface area contributed by atoms with E-state index in [1.165, 1.54) is 0 Å². The topological polar surface area (TPSA) is 84.9 Å². The molecule has 0 saturated carbocycles. The minimum absolute atomic E-state index is 0.107. The van der Waals surface area contributed by atoms with Crippen LogP contribution in [0.2, 0.25) is 0 Å². The molecule has 2 N–H and O–H groups in total. The monoisotopic (exact) mass is 343 g/mol. The van der Waals surface area contributed by atoms with Crippen molar-refractivity contribution >= 4 is 11.9 Å². The summed E-state index contributed by atoms with van der Waals surface area (Å²) in [7, 11) is 0. The van der Waals surface area contributed by atoms with Crippen LogP contribution >= 0.6 is 0 Å². The van der Waals surface area contributed by atoms with Crippen molar-refractivity contribution in [2.45, 2.75) is 19.6 Å². The van der Waals surface area contributed by atoms with Crippen LogP contribution in [0.3, 0.4) is 0 Å². The van der Waals surface area contributed by atoms with Crippen molar-refractivity contribution in [3.05, 3.63) is 65.7 Å². The number of benzene rings is 2. The van der Waals surface area contributed by atoms with E-state index in [9.17, 15) is 9.59 Å². The zero-order valence-corrected chi connectivity index (χ0v) is 13.8. The summed E-state index contributed by atoms with van der Waals surface area (Å²) in [6.07, 6.45) is 0.280. The number of ether oxygens (including phenoxy) is 2. The van der Waals surface area contributed by atoms with Crippen LogP contribution in [0.15, 0.2) is 54.6 Å². The van der Waals surface area contributed by atoms with E-state index in [2.05, 4.69) is 5.32 Å². The van der Waals surface area contributed by atoms with Crippen molar-refractivity contribution < 1.29 is 24.2 Å². The Morgan fingerprint density at radius 2 is 1.76 bits per heavy atom. The number of carboxylic acid groups (broad SMARTS) is 1. The fourth-order valence-electron chi connectivity index (χ4n) is 2.11. The van der Waals surface area contributed by atoms with Crippen molar-refractivity contribution in [1.82, 2.24) is 5.32 Å². The predicted molar refractivity (Wildman–Crippen MR) is 92.1 cm³/mol. The van der Waals surface area contributed by atoms with Crippen LogP contribution in [-0.4, -0.2) is 30.2 Å². The van der Waals surface area contributed by atoms with Crippen LogP contribution in [-0.2, 0) is 27.5 Å². The third-order valence-electron chi connectivity index (χ3n) is 3.34. The summed E-state index contributed by atoms with van der Waals surface area (Å²) in [5, 5.41) is 11.4. The Morgan fingerprint density at radius 3 is 2.52 bits per heavy atom. The van der Waals surface area contributed by atoms with E-state index in [1.807, 2.05) is 36.4 Å². The Labute approximate surface area is 146 Å². The van der Waals surface area contributed by atoms with E-state index in [-0.39, 0.29) is 12.3 Å². The third kappa shape index (κ3) is 7.50. The Bertz CT molecular complexity index is 687. The van der Waals surface area contributed by atoms with Crippen molar-refractivity contribution in [3.63, 3.8) is 0 Å². The lowest BCUT2D eigenvalue weighted by molar-refractivity contribution is -0.139. The van der Waals surface area contributed by atoms with E-state index in [0.29, 0.717) is 25.5 Å². The van der Waals surface area contributed by atoms with Gasteiger partial charge < -0.3 is 19.9 Å². The lowest BCUT2D eigenvalue weighted by Crippen LogP contribution is -2.23. The molecule has 132 valence electrons. The van der Waals surface area contributed by atoms with Gasteiger partial charge in [0.1, 0.15) is 5.75 Å². The van der Waals surface area contributed by atoms with Gasteiger partial charge in [-0.25, -0.2) is 4.79 Å². The van der Waals surface area contributed by atoms with Crippen molar-refractivity contribution in [1.29, 1.82) is 0 Å². The number of nitrogens with one attached hydrogen (secondary N) is 1. The van der Waals surface area contributed by atoms with Gasteiger partial charge in [-0.15, -0.1) is 0 Å². The Balaban J connectivity index is 1.65. The van der Waals surface area contributed by atoms with E-state index in [0.717, 1.165) is 11.1 Å². The van der Waals surface area contributed by atoms with Gasteiger partial charge in [-0.1, -0.05) is 42.5 Å². The van der Waals surface area contributed by atoms with Crippen LogP contribution in [0.4, 0.5) is 0 Å². The summed E-state index contributed by atoms with van der Waals surface area (Å²) in [6, 6.07) is 16.7. The summed E-state index contributed by atoms with van der Waals surface area (Å²) in [5.41, 5.74) is 1.91. The fraction of sp³-hybridized carbons (Fsp3) is 0.263. The van der Waals surface area contributed by atoms with Gasteiger partial charge in [0.2, 0.25) is 5.91 Å². The molecule has 0 radical (unpaired) electrons. The Kier molecular flexibility index (Phi) is 7.46. The normalized spacial score (nSPS) is 10.2. The molecule has 0 aliphatic rings. The quantitative estimate of drug-likeness (QED) is 0.647. The highest BCUT2D eigenvalue weighted by Crippen LogP contribution is 2.13. The van der Waals surface area contributed by atoms with E-state index >= 15 is 0 Å². The van der Waals surface area contributed by atoms with E-state index in [1.54, 1.807) is 18.2 Å². The molecule has 0 aliphatic heterocycles. The molecule has 0 heterocycles. The number of amides is 1. The summed E-state index contributed by atoms with van der Waals surface area (Å²) in [6.45, 7) is 0.788. The van der Waals surface area contributed by atoms with Gasteiger partial charge in [0.05, 0.1) is 13.2 Å². The first kappa shape index (κ1) is 18.5. The molecule has 6 nitrogen and oxygen atoms in total. The molecule has 0 fully saturated rings. The number of carbonyl (C=O) groups excluding carboxylic acids is 1. The van der Waals surface area contributed by atoms with Gasteiger partial charge in [0.15, 0.2) is 6.61 Å². The van der Waals surface area contributed by atoms with Crippen molar-refractivity contribution in [2.75, 3.05) is 13.2 Å². The van der Waals surface area contributed by atoms with Gasteiger partial charge in [-0.3, -0.25) is 4.79 Å². The smallest absolute Gasteiger partial charge is 0.341 e. The predicted octanol–water partition coefficient (Wildman–Crippen LogP) is 2.37. The number of hydrogen-bond donors (Lipinski definition) is 2. The third-order valence-corrected chi connectivity index (χ3v) is 3.34. The first-order chi connectivity index (χ1) is 12.1. The summed E-state index contributed by atoms with van der Waals surface area (Å²) >= 11 is 0. The second kappa shape index (κ2) is 10.1. The highest BCUT2D eigenvalue weighted by molar-refractivity contribution is 5.75. The standard InChI is InChI=1S/C19H21NO5/c21-18(9-10-24-13-15-5-2-1-3-6-15)20-12-16-7-4-8-17(11-16)25-14-19(22)23/h1-8,11H,9-10,12-14H2,(H,20,21)(H,22,23). The first-order valence-corrected chi connectivity index (χ1v) is 7.95.